The zero-order chi connectivity index (χ0) is 12.3. The first-order valence-corrected chi connectivity index (χ1v) is 6.69. The number of hydrogen-bond donors (Lipinski definition) is 1. The first kappa shape index (κ1) is 11.9. The Kier molecular flexibility index (Phi) is 3.58. The monoisotopic (exact) mass is 249 g/mol. The molecule has 5 heteroatoms. The first-order chi connectivity index (χ1) is 8.18. The number of aryl methyl sites for hydroxylation is 2. The van der Waals surface area contributed by atoms with Gasteiger partial charge in [0.2, 0.25) is 0 Å². The predicted octanol–water partition coefficient (Wildman–Crippen LogP) is 1.35. The fourth-order valence-electron chi connectivity index (χ4n) is 1.62. The van der Waals surface area contributed by atoms with E-state index in [0.717, 1.165) is 5.82 Å². The molecule has 2 aromatic rings. The van der Waals surface area contributed by atoms with Crippen molar-refractivity contribution in [2.24, 2.45) is 7.05 Å². The molecule has 2 rings (SSSR count). The van der Waals surface area contributed by atoms with Crippen molar-refractivity contribution in [1.82, 2.24) is 9.55 Å². The number of nitrogens with zero attached hydrogens (tertiary/aromatic N) is 2. The summed E-state index contributed by atoms with van der Waals surface area (Å²) in [5, 5.41) is 0. The topological polar surface area (TPSA) is 60.9 Å². The highest BCUT2D eigenvalue weighted by Gasteiger charge is 2.08. The van der Waals surface area contributed by atoms with E-state index >= 15 is 0 Å². The number of rotatable bonds is 4. The van der Waals surface area contributed by atoms with E-state index in [0.29, 0.717) is 22.8 Å². The lowest BCUT2D eigenvalue weighted by Crippen LogP contribution is -2.07. The van der Waals surface area contributed by atoms with Crippen molar-refractivity contribution in [3.63, 3.8) is 0 Å². The van der Waals surface area contributed by atoms with E-state index in [9.17, 15) is 4.21 Å². The van der Waals surface area contributed by atoms with Crippen LogP contribution in [-0.4, -0.2) is 19.5 Å². The summed E-state index contributed by atoms with van der Waals surface area (Å²) in [5.41, 5.74) is 6.38. The number of nitrogens with two attached hydrogens (primary N) is 1. The fourth-order valence-corrected chi connectivity index (χ4v) is 2.77. The van der Waals surface area contributed by atoms with Crippen molar-refractivity contribution in [2.45, 2.75) is 11.3 Å². The van der Waals surface area contributed by atoms with Crippen molar-refractivity contribution in [1.29, 1.82) is 0 Å². The summed E-state index contributed by atoms with van der Waals surface area (Å²) in [6.45, 7) is 0. The summed E-state index contributed by atoms with van der Waals surface area (Å²) >= 11 is 0. The minimum Gasteiger partial charge on any atom is -0.398 e. The number of anilines is 1. The molecule has 0 aliphatic heterocycles. The fraction of sp³-hybridized carbons (Fsp3) is 0.250. The molecule has 0 spiro atoms. The standard InChI is InChI=1S/C12H15N3OS/c1-15-8-7-14-12(15)6-9-17(16)11-5-3-2-4-10(11)13/h2-5,7-8H,6,9,13H2,1H3. The molecule has 1 aromatic heterocycles. The first-order valence-electron chi connectivity index (χ1n) is 5.37. The number of imidazole rings is 1. The van der Waals surface area contributed by atoms with Gasteiger partial charge in [0, 0.05) is 37.3 Å². The Labute approximate surface area is 103 Å². The minimum absolute atomic E-state index is 0.541. The van der Waals surface area contributed by atoms with Crippen LogP contribution in [0.5, 0.6) is 0 Å². The van der Waals surface area contributed by atoms with Gasteiger partial charge >= 0.3 is 0 Å². The molecule has 1 atom stereocenters. The highest BCUT2D eigenvalue weighted by Crippen LogP contribution is 2.16. The van der Waals surface area contributed by atoms with Crippen LogP contribution in [0.15, 0.2) is 41.6 Å². The van der Waals surface area contributed by atoms with Crippen LogP contribution in [-0.2, 0) is 24.3 Å². The Morgan fingerprint density at radius 1 is 1.41 bits per heavy atom. The largest absolute Gasteiger partial charge is 0.398 e. The van der Waals surface area contributed by atoms with Gasteiger partial charge in [0.15, 0.2) is 0 Å². The third kappa shape index (κ3) is 2.74. The van der Waals surface area contributed by atoms with Crippen LogP contribution in [0.1, 0.15) is 5.82 Å². The lowest BCUT2D eigenvalue weighted by atomic mass is 10.3. The van der Waals surface area contributed by atoms with E-state index in [-0.39, 0.29) is 0 Å². The average molecular weight is 249 g/mol. The van der Waals surface area contributed by atoms with Gasteiger partial charge in [-0.3, -0.25) is 4.21 Å². The van der Waals surface area contributed by atoms with Gasteiger partial charge in [-0.15, -0.1) is 0 Å². The van der Waals surface area contributed by atoms with Crippen LogP contribution in [0.2, 0.25) is 0 Å². The highest BCUT2D eigenvalue weighted by molar-refractivity contribution is 7.85. The minimum atomic E-state index is -1.07. The summed E-state index contributed by atoms with van der Waals surface area (Å²) < 4.78 is 14.0. The molecule has 1 aromatic carbocycles. The third-order valence-electron chi connectivity index (χ3n) is 2.60. The predicted molar refractivity (Wildman–Crippen MR) is 69.0 cm³/mol. The number of benzene rings is 1. The number of para-hydroxylation sites is 1. The van der Waals surface area contributed by atoms with Crippen molar-refractivity contribution < 1.29 is 4.21 Å². The van der Waals surface area contributed by atoms with Crippen molar-refractivity contribution in [3.8, 4) is 0 Å². The van der Waals surface area contributed by atoms with Gasteiger partial charge in [0.05, 0.1) is 15.7 Å². The molecular formula is C12H15N3OS. The maximum absolute atomic E-state index is 12.1. The van der Waals surface area contributed by atoms with E-state index in [1.807, 2.05) is 36.0 Å². The van der Waals surface area contributed by atoms with Gasteiger partial charge < -0.3 is 10.3 Å². The summed E-state index contributed by atoms with van der Waals surface area (Å²) in [6.07, 6.45) is 4.31. The second-order valence-electron chi connectivity index (χ2n) is 3.79. The second-order valence-corrected chi connectivity index (χ2v) is 5.33. The molecule has 1 unspecified atom stereocenters. The Balaban J connectivity index is 2.04. The van der Waals surface area contributed by atoms with Crippen molar-refractivity contribution in [2.75, 3.05) is 11.5 Å². The van der Waals surface area contributed by atoms with E-state index in [4.69, 9.17) is 5.73 Å². The van der Waals surface area contributed by atoms with E-state index < -0.39 is 10.8 Å². The lowest BCUT2D eigenvalue weighted by Gasteiger charge is -2.05. The van der Waals surface area contributed by atoms with Gasteiger partial charge in [0.1, 0.15) is 5.82 Å². The third-order valence-corrected chi connectivity index (χ3v) is 4.03. The van der Waals surface area contributed by atoms with E-state index in [2.05, 4.69) is 4.98 Å². The zero-order valence-corrected chi connectivity index (χ0v) is 10.5. The van der Waals surface area contributed by atoms with Gasteiger partial charge in [-0.1, -0.05) is 12.1 Å². The molecule has 1 heterocycles. The molecule has 0 radical (unpaired) electrons. The summed E-state index contributed by atoms with van der Waals surface area (Å²) in [5.74, 6) is 1.48. The van der Waals surface area contributed by atoms with E-state index in [1.54, 1.807) is 12.3 Å². The van der Waals surface area contributed by atoms with Gasteiger partial charge in [-0.05, 0) is 12.1 Å². The molecule has 0 fully saturated rings. The van der Waals surface area contributed by atoms with Gasteiger partial charge in [0.25, 0.3) is 0 Å². The molecule has 0 saturated carbocycles. The summed E-state index contributed by atoms with van der Waals surface area (Å²) in [6, 6.07) is 7.27. The summed E-state index contributed by atoms with van der Waals surface area (Å²) in [7, 11) is 0.866. The molecule has 0 amide bonds. The molecule has 0 aliphatic carbocycles. The van der Waals surface area contributed by atoms with Crippen LogP contribution in [0, 0.1) is 0 Å². The van der Waals surface area contributed by atoms with Gasteiger partial charge in [-0.25, -0.2) is 4.98 Å². The maximum Gasteiger partial charge on any atom is 0.109 e. The Morgan fingerprint density at radius 2 is 2.18 bits per heavy atom. The molecule has 0 aliphatic rings. The molecule has 90 valence electrons. The highest BCUT2D eigenvalue weighted by atomic mass is 32.2. The van der Waals surface area contributed by atoms with Crippen LogP contribution in [0.4, 0.5) is 5.69 Å². The number of aromatic nitrogens is 2. The average Bonchev–Trinajstić information content (AvgIpc) is 2.72. The smallest absolute Gasteiger partial charge is 0.109 e. The Morgan fingerprint density at radius 3 is 2.82 bits per heavy atom. The van der Waals surface area contributed by atoms with Crippen LogP contribution >= 0.6 is 0 Å². The molecule has 2 N–H and O–H groups in total. The quantitative estimate of drug-likeness (QED) is 0.832. The molecular weight excluding hydrogens is 234 g/mol. The molecule has 17 heavy (non-hydrogen) atoms. The van der Waals surface area contributed by atoms with Crippen molar-refractivity contribution >= 4 is 16.5 Å². The Hall–Kier alpha value is -1.62. The second kappa shape index (κ2) is 5.14. The SMILES string of the molecule is Cn1ccnc1CCS(=O)c1ccccc1N. The van der Waals surface area contributed by atoms with Gasteiger partial charge in [-0.2, -0.15) is 0 Å². The lowest BCUT2D eigenvalue weighted by molar-refractivity contribution is 0.680. The maximum atomic E-state index is 12.1. The Bertz CT molecular complexity index is 536. The molecule has 4 nitrogen and oxygen atoms in total. The van der Waals surface area contributed by atoms with Crippen molar-refractivity contribution in [3.05, 3.63) is 42.5 Å². The summed E-state index contributed by atoms with van der Waals surface area (Å²) in [4.78, 5) is 4.91. The van der Waals surface area contributed by atoms with Crippen LogP contribution in [0.25, 0.3) is 0 Å². The van der Waals surface area contributed by atoms with E-state index in [1.165, 1.54) is 0 Å². The van der Waals surface area contributed by atoms with Crippen LogP contribution < -0.4 is 5.73 Å². The number of hydrogen-bond acceptors (Lipinski definition) is 3. The van der Waals surface area contributed by atoms with Crippen LogP contribution in [0.3, 0.4) is 0 Å². The normalized spacial score (nSPS) is 12.5. The zero-order valence-electron chi connectivity index (χ0n) is 9.67. The molecule has 0 saturated heterocycles. The molecule has 0 bridgehead atoms. The number of nitrogen functional groups attached to an aromatic ring is 1.